The number of nitro benzene ring substituents is 1. The third-order valence-corrected chi connectivity index (χ3v) is 4.08. The first-order valence-electron chi connectivity index (χ1n) is 8.35. The van der Waals surface area contributed by atoms with Gasteiger partial charge in [0.2, 0.25) is 0 Å². The number of benzene rings is 2. The number of para-hydroxylation sites is 1. The Bertz CT molecular complexity index is 1130. The number of oxime groups is 1. The number of hydrazone groups is 1. The molecule has 0 saturated carbocycles. The molecule has 3 aromatic rings. The maximum absolute atomic E-state index is 12.5. The van der Waals surface area contributed by atoms with Crippen LogP contribution in [0.2, 0.25) is 0 Å². The number of nitrogens with one attached hydrogen (secondary N) is 3. The van der Waals surface area contributed by atoms with Crippen molar-refractivity contribution in [3.8, 4) is 0 Å². The van der Waals surface area contributed by atoms with Gasteiger partial charge in [0.05, 0.1) is 10.6 Å². The summed E-state index contributed by atoms with van der Waals surface area (Å²) in [7, 11) is 0. The van der Waals surface area contributed by atoms with Crippen molar-refractivity contribution in [2.75, 3.05) is 5.32 Å². The lowest BCUT2D eigenvalue weighted by molar-refractivity contribution is -0.383. The van der Waals surface area contributed by atoms with Crippen LogP contribution in [0.15, 0.2) is 58.8 Å². The van der Waals surface area contributed by atoms with Crippen LogP contribution in [0.25, 0.3) is 10.9 Å². The van der Waals surface area contributed by atoms with Crippen molar-refractivity contribution in [1.29, 1.82) is 0 Å². The first-order valence-corrected chi connectivity index (χ1v) is 8.35. The molecule has 6 N–H and O–H groups in total. The van der Waals surface area contributed by atoms with Gasteiger partial charge < -0.3 is 21.2 Å². The summed E-state index contributed by atoms with van der Waals surface area (Å²) < 4.78 is 0. The standard InChI is InChI=1S/C18H17N7O4/c1-10(22-23-18(19)24-27)11-5-7-13(8-6-11)20-17(26)14-9-12-3-2-4-15(25(28)29)16(12)21-14/h2-9,21,27H,1H3,(H,20,26)(H3,19,23,24). The summed E-state index contributed by atoms with van der Waals surface area (Å²) >= 11 is 0. The van der Waals surface area contributed by atoms with Gasteiger partial charge in [0, 0.05) is 17.1 Å². The molecule has 0 bridgehead atoms. The molecule has 0 radical (unpaired) electrons. The number of carbonyl (C=O) groups is 1. The minimum absolute atomic E-state index is 0.0962. The van der Waals surface area contributed by atoms with Crippen LogP contribution in [0.4, 0.5) is 11.4 Å². The molecule has 0 atom stereocenters. The number of hydrogen-bond donors (Lipinski definition) is 5. The normalized spacial score (nSPS) is 12.0. The number of fused-ring (bicyclic) bond motifs is 1. The van der Waals surface area contributed by atoms with E-state index >= 15 is 0 Å². The Morgan fingerprint density at radius 2 is 1.97 bits per heavy atom. The third-order valence-electron chi connectivity index (χ3n) is 4.08. The summed E-state index contributed by atoms with van der Waals surface area (Å²) in [6, 6.07) is 13.0. The second-order valence-electron chi connectivity index (χ2n) is 6.01. The number of carbonyl (C=O) groups excluding carboxylic acids is 1. The molecule has 0 aliphatic rings. The largest absolute Gasteiger partial charge is 0.408 e. The average Bonchev–Trinajstić information content (AvgIpc) is 3.16. The van der Waals surface area contributed by atoms with Crippen LogP contribution < -0.4 is 16.5 Å². The van der Waals surface area contributed by atoms with Gasteiger partial charge in [0.25, 0.3) is 17.6 Å². The van der Waals surface area contributed by atoms with Gasteiger partial charge in [0.1, 0.15) is 11.2 Å². The Morgan fingerprint density at radius 1 is 1.24 bits per heavy atom. The first-order chi connectivity index (χ1) is 13.9. The Morgan fingerprint density at radius 3 is 2.62 bits per heavy atom. The Hall–Kier alpha value is -4.41. The lowest BCUT2D eigenvalue weighted by atomic mass is 10.1. The zero-order valence-electron chi connectivity index (χ0n) is 15.2. The molecule has 0 unspecified atom stereocenters. The minimum Gasteiger partial charge on any atom is -0.408 e. The third kappa shape index (κ3) is 4.30. The minimum atomic E-state index is -0.502. The molecule has 0 aliphatic carbocycles. The predicted octanol–water partition coefficient (Wildman–Crippen LogP) is 2.35. The van der Waals surface area contributed by atoms with Crippen LogP contribution >= 0.6 is 0 Å². The van der Waals surface area contributed by atoms with Gasteiger partial charge in [-0.2, -0.15) is 5.10 Å². The van der Waals surface area contributed by atoms with E-state index in [0.29, 0.717) is 22.3 Å². The van der Waals surface area contributed by atoms with Crippen LogP contribution in [0.1, 0.15) is 23.0 Å². The molecule has 148 valence electrons. The second-order valence-corrected chi connectivity index (χ2v) is 6.01. The lowest BCUT2D eigenvalue weighted by Crippen LogP contribution is -2.27. The zero-order chi connectivity index (χ0) is 21.0. The summed E-state index contributed by atoms with van der Waals surface area (Å²) in [5, 5.41) is 29.6. The van der Waals surface area contributed by atoms with E-state index in [0.717, 1.165) is 5.56 Å². The van der Waals surface area contributed by atoms with Gasteiger partial charge >= 0.3 is 0 Å². The number of aromatic amines is 1. The zero-order valence-corrected chi connectivity index (χ0v) is 15.2. The van der Waals surface area contributed by atoms with E-state index in [1.54, 1.807) is 49.4 Å². The molecule has 0 saturated heterocycles. The summed E-state index contributed by atoms with van der Waals surface area (Å²) in [6.45, 7) is 1.72. The molecule has 0 spiro atoms. The number of anilines is 1. The highest BCUT2D eigenvalue weighted by Gasteiger charge is 2.17. The van der Waals surface area contributed by atoms with Crippen LogP contribution in [0.3, 0.4) is 0 Å². The fourth-order valence-corrected chi connectivity index (χ4v) is 2.64. The smallest absolute Gasteiger partial charge is 0.293 e. The molecule has 2 aromatic carbocycles. The van der Waals surface area contributed by atoms with Crippen molar-refractivity contribution in [3.63, 3.8) is 0 Å². The maximum Gasteiger partial charge on any atom is 0.293 e. The number of aromatic nitrogens is 1. The number of non-ortho nitro benzene ring substituents is 1. The van der Waals surface area contributed by atoms with E-state index in [1.165, 1.54) is 6.07 Å². The molecule has 1 heterocycles. The summed E-state index contributed by atoms with van der Waals surface area (Å²) in [4.78, 5) is 25.9. The summed E-state index contributed by atoms with van der Waals surface area (Å²) in [5.74, 6) is -0.672. The van der Waals surface area contributed by atoms with E-state index in [1.807, 2.05) is 0 Å². The van der Waals surface area contributed by atoms with E-state index < -0.39 is 10.8 Å². The number of H-pyrrole nitrogens is 1. The fraction of sp³-hybridized carbons (Fsp3) is 0.0556. The quantitative estimate of drug-likeness (QED) is 0.146. The van der Waals surface area contributed by atoms with Crippen molar-refractivity contribution in [2.45, 2.75) is 6.92 Å². The molecule has 0 fully saturated rings. The molecule has 0 aliphatic heterocycles. The molecular formula is C18H17N7O4. The van der Waals surface area contributed by atoms with Gasteiger partial charge in [-0.05, 0) is 35.8 Å². The van der Waals surface area contributed by atoms with Crippen molar-refractivity contribution in [3.05, 3.63) is 69.9 Å². The highest BCUT2D eigenvalue weighted by molar-refractivity contribution is 6.07. The average molecular weight is 395 g/mol. The Labute approximate surface area is 164 Å². The van der Waals surface area contributed by atoms with Crippen molar-refractivity contribution in [2.24, 2.45) is 16.0 Å². The van der Waals surface area contributed by atoms with E-state index in [4.69, 9.17) is 10.9 Å². The van der Waals surface area contributed by atoms with Gasteiger partial charge in [-0.15, -0.1) is 0 Å². The van der Waals surface area contributed by atoms with Gasteiger partial charge in [0.15, 0.2) is 0 Å². The van der Waals surface area contributed by atoms with Gasteiger partial charge in [-0.3, -0.25) is 14.9 Å². The van der Waals surface area contributed by atoms with E-state index in [2.05, 4.69) is 26.0 Å². The number of nitro groups is 1. The lowest BCUT2D eigenvalue weighted by Gasteiger charge is -2.06. The topological polar surface area (TPSA) is 171 Å². The van der Waals surface area contributed by atoms with Gasteiger partial charge in [-0.1, -0.05) is 24.3 Å². The highest BCUT2D eigenvalue weighted by atomic mass is 16.6. The highest BCUT2D eigenvalue weighted by Crippen LogP contribution is 2.25. The predicted molar refractivity (Wildman–Crippen MR) is 108 cm³/mol. The Balaban J connectivity index is 1.75. The molecule has 11 heteroatoms. The first kappa shape index (κ1) is 19.4. The molecular weight excluding hydrogens is 378 g/mol. The molecule has 3 rings (SSSR count). The van der Waals surface area contributed by atoms with Crippen LogP contribution in [-0.4, -0.2) is 32.7 Å². The SMILES string of the molecule is CC(=NNC(N)=NO)c1ccc(NC(=O)c2cc3cccc([N+](=O)[O-])c3[nH]2)cc1. The Kier molecular flexibility index (Phi) is 5.39. The van der Waals surface area contributed by atoms with E-state index in [-0.39, 0.29) is 17.3 Å². The monoisotopic (exact) mass is 395 g/mol. The fourth-order valence-electron chi connectivity index (χ4n) is 2.64. The van der Waals surface area contributed by atoms with Crippen LogP contribution in [0, 0.1) is 10.1 Å². The number of guanidine groups is 1. The van der Waals surface area contributed by atoms with Crippen molar-refractivity contribution in [1.82, 2.24) is 10.4 Å². The molecule has 29 heavy (non-hydrogen) atoms. The summed E-state index contributed by atoms with van der Waals surface area (Å²) in [6.07, 6.45) is 0. The number of rotatable bonds is 5. The molecule has 11 nitrogen and oxygen atoms in total. The number of nitrogens with zero attached hydrogens (tertiary/aromatic N) is 3. The van der Waals surface area contributed by atoms with Crippen molar-refractivity contribution >= 4 is 39.9 Å². The molecule has 1 amide bonds. The van der Waals surface area contributed by atoms with Crippen molar-refractivity contribution < 1.29 is 14.9 Å². The van der Waals surface area contributed by atoms with E-state index in [9.17, 15) is 14.9 Å². The summed E-state index contributed by atoms with van der Waals surface area (Å²) in [5.41, 5.74) is 9.92. The second kappa shape index (κ2) is 8.08. The maximum atomic E-state index is 12.5. The number of amides is 1. The number of nitrogens with two attached hydrogens (primary N) is 1. The molecule has 1 aromatic heterocycles. The van der Waals surface area contributed by atoms with Crippen LogP contribution in [0.5, 0.6) is 0 Å². The van der Waals surface area contributed by atoms with Gasteiger partial charge in [-0.25, -0.2) is 5.43 Å². The number of hydrogen-bond acceptors (Lipinski definition) is 6. The van der Waals surface area contributed by atoms with Crippen LogP contribution in [-0.2, 0) is 0 Å².